The van der Waals surface area contributed by atoms with Gasteiger partial charge in [-0.05, 0) is 34.1 Å². The highest BCUT2D eigenvalue weighted by Crippen LogP contribution is 2.33. The van der Waals surface area contributed by atoms with Gasteiger partial charge in [-0.2, -0.15) is 13.2 Å². The molecule has 0 aliphatic rings. The van der Waals surface area contributed by atoms with Gasteiger partial charge >= 0.3 is 6.18 Å². The van der Waals surface area contributed by atoms with Crippen LogP contribution >= 0.6 is 15.9 Å². The van der Waals surface area contributed by atoms with Gasteiger partial charge in [0.15, 0.2) is 0 Å². The van der Waals surface area contributed by atoms with E-state index < -0.39 is 17.6 Å². The summed E-state index contributed by atoms with van der Waals surface area (Å²) >= 11 is 3.10. The van der Waals surface area contributed by atoms with Crippen molar-refractivity contribution >= 4 is 27.4 Å². The number of hydrogen-bond donors (Lipinski definition) is 1. The van der Waals surface area contributed by atoms with Crippen LogP contribution in [-0.2, 0) is 6.18 Å². The molecule has 0 amide bonds. The number of aromatic nitrogens is 2. The maximum absolute atomic E-state index is 13.5. The molecule has 0 fully saturated rings. The van der Waals surface area contributed by atoms with Crippen molar-refractivity contribution in [3.63, 3.8) is 0 Å². The molecule has 1 heterocycles. The zero-order valence-corrected chi connectivity index (χ0v) is 10.8. The fourth-order valence-electron chi connectivity index (χ4n) is 1.33. The third-order valence-electron chi connectivity index (χ3n) is 2.21. The minimum absolute atomic E-state index is 0.174. The van der Waals surface area contributed by atoms with Crippen molar-refractivity contribution in [1.29, 1.82) is 0 Å². The molecule has 8 heteroatoms. The molecular weight excluding hydrogens is 330 g/mol. The van der Waals surface area contributed by atoms with E-state index >= 15 is 0 Å². The maximum Gasteiger partial charge on any atom is 0.416 e. The van der Waals surface area contributed by atoms with Crippen molar-refractivity contribution in [2.45, 2.75) is 6.18 Å². The van der Waals surface area contributed by atoms with Crippen molar-refractivity contribution in [2.75, 3.05) is 5.32 Å². The zero-order chi connectivity index (χ0) is 14.0. The van der Waals surface area contributed by atoms with Gasteiger partial charge in [0.05, 0.1) is 15.7 Å². The Morgan fingerprint density at radius 2 is 1.95 bits per heavy atom. The van der Waals surface area contributed by atoms with E-state index in [1.165, 1.54) is 12.5 Å². The smallest absolute Gasteiger partial charge is 0.337 e. The third kappa shape index (κ3) is 3.19. The zero-order valence-electron chi connectivity index (χ0n) is 9.17. The summed E-state index contributed by atoms with van der Waals surface area (Å²) in [5.41, 5.74) is -1.25. The second-order valence-electron chi connectivity index (χ2n) is 3.54. The molecule has 0 spiro atoms. The van der Waals surface area contributed by atoms with E-state index in [-0.39, 0.29) is 11.5 Å². The first-order valence-electron chi connectivity index (χ1n) is 4.97. The van der Waals surface area contributed by atoms with Gasteiger partial charge in [0.1, 0.15) is 18.0 Å². The molecule has 0 saturated carbocycles. The molecule has 0 aliphatic heterocycles. The number of anilines is 2. The first kappa shape index (κ1) is 13.7. The molecule has 0 bridgehead atoms. The van der Waals surface area contributed by atoms with Crippen LogP contribution in [0.4, 0.5) is 29.1 Å². The Bertz CT molecular complexity index is 601. The molecule has 0 atom stereocenters. The number of nitrogens with zero attached hydrogens (tertiary/aromatic N) is 2. The maximum atomic E-state index is 13.5. The lowest BCUT2D eigenvalue weighted by atomic mass is 10.2. The summed E-state index contributed by atoms with van der Waals surface area (Å²) in [5.74, 6) is -0.633. The standard InChI is InChI=1S/C11H6BrF4N3/c12-7-4-17-5-18-10(7)19-9-3-6(11(14,15)16)1-2-8(9)13/h1-5H,(H,17,18,19). The lowest BCUT2D eigenvalue weighted by molar-refractivity contribution is -0.137. The van der Waals surface area contributed by atoms with E-state index in [0.717, 1.165) is 6.07 Å². The van der Waals surface area contributed by atoms with Crippen LogP contribution in [0.5, 0.6) is 0 Å². The molecule has 19 heavy (non-hydrogen) atoms. The van der Waals surface area contributed by atoms with Crippen LogP contribution in [0, 0.1) is 5.82 Å². The minimum Gasteiger partial charge on any atom is -0.337 e. The number of rotatable bonds is 2. The number of alkyl halides is 3. The first-order chi connectivity index (χ1) is 8.88. The second kappa shape index (κ2) is 5.12. The average Bonchev–Trinajstić information content (AvgIpc) is 2.33. The van der Waals surface area contributed by atoms with Crippen LogP contribution in [0.25, 0.3) is 0 Å². The molecule has 0 radical (unpaired) electrons. The Hall–Kier alpha value is -1.70. The summed E-state index contributed by atoms with van der Waals surface area (Å²) in [4.78, 5) is 7.48. The monoisotopic (exact) mass is 335 g/mol. The van der Waals surface area contributed by atoms with Gasteiger partial charge in [-0.3, -0.25) is 0 Å². The van der Waals surface area contributed by atoms with Gasteiger partial charge in [-0.1, -0.05) is 0 Å². The number of benzene rings is 1. The highest BCUT2D eigenvalue weighted by molar-refractivity contribution is 9.10. The van der Waals surface area contributed by atoms with Crippen molar-refractivity contribution in [1.82, 2.24) is 9.97 Å². The molecule has 1 aromatic heterocycles. The third-order valence-corrected chi connectivity index (χ3v) is 2.79. The van der Waals surface area contributed by atoms with E-state index in [1.807, 2.05) is 0 Å². The Morgan fingerprint density at radius 1 is 1.21 bits per heavy atom. The molecule has 0 aliphatic carbocycles. The van der Waals surface area contributed by atoms with Crippen molar-refractivity contribution in [3.8, 4) is 0 Å². The molecular formula is C11H6BrF4N3. The largest absolute Gasteiger partial charge is 0.416 e. The summed E-state index contributed by atoms with van der Waals surface area (Å²) < 4.78 is 51.5. The average molecular weight is 336 g/mol. The number of nitrogens with one attached hydrogen (secondary N) is 1. The highest BCUT2D eigenvalue weighted by Gasteiger charge is 2.31. The highest BCUT2D eigenvalue weighted by atomic mass is 79.9. The predicted octanol–water partition coefficient (Wildman–Crippen LogP) is 4.14. The Morgan fingerprint density at radius 3 is 2.58 bits per heavy atom. The summed E-state index contributed by atoms with van der Waals surface area (Å²) in [6.45, 7) is 0. The molecule has 1 N–H and O–H groups in total. The molecule has 2 aromatic rings. The number of halogens is 5. The van der Waals surface area contributed by atoms with E-state index in [2.05, 4.69) is 31.2 Å². The molecule has 100 valence electrons. The van der Waals surface area contributed by atoms with E-state index in [9.17, 15) is 17.6 Å². The SMILES string of the molecule is Fc1ccc(C(F)(F)F)cc1Nc1ncncc1Br. The van der Waals surface area contributed by atoms with Gasteiger partial charge in [-0.25, -0.2) is 14.4 Å². The number of hydrogen-bond acceptors (Lipinski definition) is 3. The van der Waals surface area contributed by atoms with Crippen LogP contribution in [0.3, 0.4) is 0 Å². The Kier molecular flexibility index (Phi) is 3.70. The van der Waals surface area contributed by atoms with Crippen LogP contribution in [0.15, 0.2) is 35.2 Å². The van der Waals surface area contributed by atoms with Crippen LogP contribution in [0.1, 0.15) is 5.56 Å². The first-order valence-corrected chi connectivity index (χ1v) is 5.76. The van der Waals surface area contributed by atoms with Gasteiger partial charge in [0.2, 0.25) is 0 Å². The van der Waals surface area contributed by atoms with E-state index in [0.29, 0.717) is 16.6 Å². The summed E-state index contributed by atoms with van der Waals surface area (Å²) in [6.07, 6.45) is -1.95. The summed E-state index contributed by atoms with van der Waals surface area (Å²) in [6, 6.07) is 2.11. The van der Waals surface area contributed by atoms with Gasteiger partial charge < -0.3 is 5.32 Å². The molecule has 0 saturated heterocycles. The lowest BCUT2D eigenvalue weighted by Crippen LogP contribution is -2.06. The quantitative estimate of drug-likeness (QED) is 0.838. The molecule has 1 aromatic carbocycles. The second-order valence-corrected chi connectivity index (χ2v) is 4.39. The van der Waals surface area contributed by atoms with E-state index in [4.69, 9.17) is 0 Å². The Labute approximate surface area is 113 Å². The normalized spacial score (nSPS) is 11.4. The fourth-order valence-corrected chi connectivity index (χ4v) is 1.65. The van der Waals surface area contributed by atoms with Crippen LogP contribution in [0.2, 0.25) is 0 Å². The van der Waals surface area contributed by atoms with Crippen molar-refractivity contribution in [2.24, 2.45) is 0 Å². The van der Waals surface area contributed by atoms with Crippen LogP contribution in [-0.4, -0.2) is 9.97 Å². The van der Waals surface area contributed by atoms with Gasteiger partial charge in [0, 0.05) is 6.20 Å². The topological polar surface area (TPSA) is 37.8 Å². The van der Waals surface area contributed by atoms with Crippen molar-refractivity contribution in [3.05, 3.63) is 46.6 Å². The summed E-state index contributed by atoms with van der Waals surface area (Å²) in [5, 5.41) is 2.48. The minimum atomic E-state index is -4.53. The lowest BCUT2D eigenvalue weighted by Gasteiger charge is -2.11. The van der Waals surface area contributed by atoms with Gasteiger partial charge in [0.25, 0.3) is 0 Å². The van der Waals surface area contributed by atoms with Gasteiger partial charge in [-0.15, -0.1) is 0 Å². The predicted molar refractivity (Wildman–Crippen MR) is 64.4 cm³/mol. The van der Waals surface area contributed by atoms with Crippen LogP contribution < -0.4 is 5.32 Å². The molecule has 0 unspecified atom stereocenters. The summed E-state index contributed by atoms with van der Waals surface area (Å²) in [7, 11) is 0. The molecule has 3 nitrogen and oxygen atoms in total. The van der Waals surface area contributed by atoms with E-state index in [1.54, 1.807) is 0 Å². The van der Waals surface area contributed by atoms with Crippen molar-refractivity contribution < 1.29 is 17.6 Å². The Balaban J connectivity index is 2.38. The molecule has 2 rings (SSSR count). The fraction of sp³-hybridized carbons (Fsp3) is 0.0909.